The molecule has 1 unspecified atom stereocenters. The molecule has 2 heterocycles. The number of imidazole rings is 1. The second-order valence-electron chi connectivity index (χ2n) is 7.57. The van der Waals surface area contributed by atoms with Gasteiger partial charge in [0.15, 0.2) is 0 Å². The number of hydrogen-bond acceptors (Lipinski definition) is 4. The maximum absolute atomic E-state index is 13.2. The van der Waals surface area contributed by atoms with Gasteiger partial charge in [-0.1, -0.05) is 49.4 Å². The van der Waals surface area contributed by atoms with Gasteiger partial charge < -0.3 is 15.2 Å². The van der Waals surface area contributed by atoms with Crippen LogP contribution in [0.15, 0.2) is 54.6 Å². The van der Waals surface area contributed by atoms with E-state index < -0.39 is 6.04 Å². The van der Waals surface area contributed by atoms with E-state index in [0.717, 1.165) is 42.1 Å². The Morgan fingerprint density at radius 1 is 1.03 bits per heavy atom. The van der Waals surface area contributed by atoms with Gasteiger partial charge in [-0.3, -0.25) is 14.5 Å². The minimum absolute atomic E-state index is 0.0496. The van der Waals surface area contributed by atoms with Gasteiger partial charge >= 0.3 is 0 Å². The molecule has 156 valence electrons. The first-order valence-corrected chi connectivity index (χ1v) is 10.4. The SMILES string of the molecule is CCC(=O)NC(C(=O)N1CCN(Cc2nc3ccccc3[nH]2)CC1)c1ccccc1. The van der Waals surface area contributed by atoms with Crippen molar-refractivity contribution in [2.75, 3.05) is 26.2 Å². The lowest BCUT2D eigenvalue weighted by Gasteiger charge is -2.36. The maximum Gasteiger partial charge on any atom is 0.249 e. The molecule has 0 radical (unpaired) electrons. The van der Waals surface area contributed by atoms with Crippen LogP contribution >= 0.6 is 0 Å². The van der Waals surface area contributed by atoms with Crippen LogP contribution in [0, 0.1) is 0 Å². The van der Waals surface area contributed by atoms with Gasteiger partial charge in [0.05, 0.1) is 17.6 Å². The van der Waals surface area contributed by atoms with Gasteiger partial charge in [-0.15, -0.1) is 0 Å². The Labute approximate surface area is 176 Å². The van der Waals surface area contributed by atoms with Crippen molar-refractivity contribution in [3.8, 4) is 0 Å². The zero-order chi connectivity index (χ0) is 20.9. The standard InChI is InChI=1S/C23H27N5O2/c1-2-21(29)26-22(17-8-4-3-5-9-17)23(30)28-14-12-27(13-15-28)16-20-24-18-10-6-7-11-19(18)25-20/h3-11,22H,2,12-16H2,1H3,(H,24,25)(H,26,29). The summed E-state index contributed by atoms with van der Waals surface area (Å²) in [5.41, 5.74) is 2.83. The molecule has 1 fully saturated rings. The molecule has 1 atom stereocenters. The molecule has 0 bridgehead atoms. The normalized spacial score (nSPS) is 15.8. The molecule has 2 N–H and O–H groups in total. The molecule has 2 amide bonds. The van der Waals surface area contributed by atoms with Gasteiger partial charge in [-0.2, -0.15) is 0 Å². The number of nitrogens with one attached hydrogen (secondary N) is 2. The van der Waals surface area contributed by atoms with Crippen LogP contribution in [0.4, 0.5) is 0 Å². The number of hydrogen-bond donors (Lipinski definition) is 2. The molecule has 1 saturated heterocycles. The number of aromatic amines is 1. The number of nitrogens with zero attached hydrogens (tertiary/aromatic N) is 3. The van der Waals surface area contributed by atoms with Gasteiger partial charge in [0.2, 0.25) is 11.8 Å². The number of piperazine rings is 1. The number of carbonyl (C=O) groups is 2. The highest BCUT2D eigenvalue weighted by Crippen LogP contribution is 2.18. The molecule has 0 aliphatic carbocycles. The first-order chi connectivity index (χ1) is 14.6. The van der Waals surface area contributed by atoms with Crippen molar-refractivity contribution in [2.45, 2.75) is 25.9 Å². The minimum Gasteiger partial charge on any atom is -0.341 e. The lowest BCUT2D eigenvalue weighted by Crippen LogP contribution is -2.51. The molecule has 7 heteroatoms. The first-order valence-electron chi connectivity index (χ1n) is 10.4. The maximum atomic E-state index is 13.2. The van der Waals surface area contributed by atoms with E-state index in [-0.39, 0.29) is 11.8 Å². The van der Waals surface area contributed by atoms with Crippen LogP contribution in [0.25, 0.3) is 11.0 Å². The largest absolute Gasteiger partial charge is 0.341 e. The van der Waals surface area contributed by atoms with Crippen LogP contribution in [0.1, 0.15) is 30.8 Å². The van der Waals surface area contributed by atoms with Crippen LogP contribution in [0.3, 0.4) is 0 Å². The van der Waals surface area contributed by atoms with E-state index in [1.54, 1.807) is 6.92 Å². The minimum atomic E-state index is -0.638. The third-order valence-corrected chi connectivity index (χ3v) is 5.50. The Kier molecular flexibility index (Phi) is 6.09. The Balaban J connectivity index is 1.39. The predicted octanol–water partition coefficient (Wildman–Crippen LogP) is 2.47. The van der Waals surface area contributed by atoms with Crippen LogP contribution in [-0.2, 0) is 16.1 Å². The van der Waals surface area contributed by atoms with Crippen LogP contribution < -0.4 is 5.32 Å². The quantitative estimate of drug-likeness (QED) is 0.660. The van der Waals surface area contributed by atoms with Crippen molar-refractivity contribution < 1.29 is 9.59 Å². The Morgan fingerprint density at radius 2 is 1.73 bits per heavy atom. The summed E-state index contributed by atoms with van der Waals surface area (Å²) in [5.74, 6) is 0.764. The van der Waals surface area contributed by atoms with E-state index in [0.29, 0.717) is 19.5 Å². The predicted molar refractivity (Wildman–Crippen MR) is 116 cm³/mol. The average molecular weight is 406 g/mol. The molecular formula is C23H27N5O2. The summed E-state index contributed by atoms with van der Waals surface area (Å²) in [6.07, 6.45) is 0.349. The molecule has 30 heavy (non-hydrogen) atoms. The molecule has 1 aliphatic heterocycles. The molecule has 2 aromatic carbocycles. The van der Waals surface area contributed by atoms with Crippen LogP contribution in [0.5, 0.6) is 0 Å². The van der Waals surface area contributed by atoms with Crippen LogP contribution in [0.2, 0.25) is 0 Å². The molecular weight excluding hydrogens is 378 g/mol. The highest BCUT2D eigenvalue weighted by molar-refractivity contribution is 5.88. The average Bonchev–Trinajstić information content (AvgIpc) is 3.20. The number of H-pyrrole nitrogens is 1. The van der Waals surface area contributed by atoms with Crippen molar-refractivity contribution in [3.63, 3.8) is 0 Å². The van der Waals surface area contributed by atoms with Crippen molar-refractivity contribution in [1.82, 2.24) is 25.1 Å². The fourth-order valence-electron chi connectivity index (χ4n) is 3.80. The van der Waals surface area contributed by atoms with Crippen molar-refractivity contribution in [1.29, 1.82) is 0 Å². The van der Waals surface area contributed by atoms with Gasteiger partial charge in [0, 0.05) is 32.6 Å². The number of benzene rings is 2. The second-order valence-corrected chi connectivity index (χ2v) is 7.57. The summed E-state index contributed by atoms with van der Waals surface area (Å²) in [6, 6.07) is 16.8. The lowest BCUT2D eigenvalue weighted by molar-refractivity contribution is -0.138. The van der Waals surface area contributed by atoms with Crippen molar-refractivity contribution in [2.24, 2.45) is 0 Å². The van der Waals surface area contributed by atoms with E-state index in [1.807, 2.05) is 59.5 Å². The first kappa shape index (κ1) is 20.1. The molecule has 3 aromatic rings. The number of aromatic nitrogens is 2. The zero-order valence-corrected chi connectivity index (χ0v) is 17.2. The zero-order valence-electron chi connectivity index (χ0n) is 17.2. The summed E-state index contributed by atoms with van der Waals surface area (Å²) >= 11 is 0. The molecule has 1 aromatic heterocycles. The summed E-state index contributed by atoms with van der Waals surface area (Å²) in [4.78, 5) is 37.4. The Hall–Kier alpha value is -3.19. The van der Waals surface area contributed by atoms with E-state index in [2.05, 4.69) is 20.2 Å². The third kappa shape index (κ3) is 4.52. The summed E-state index contributed by atoms with van der Waals surface area (Å²) in [7, 11) is 0. The van der Waals surface area contributed by atoms with Gasteiger partial charge in [0.1, 0.15) is 11.9 Å². The smallest absolute Gasteiger partial charge is 0.249 e. The number of amides is 2. The molecule has 0 spiro atoms. The molecule has 4 rings (SSSR count). The summed E-state index contributed by atoms with van der Waals surface area (Å²) in [5, 5.41) is 2.89. The number of para-hydroxylation sites is 2. The summed E-state index contributed by atoms with van der Waals surface area (Å²) < 4.78 is 0. The van der Waals surface area contributed by atoms with E-state index in [4.69, 9.17) is 0 Å². The topological polar surface area (TPSA) is 81.3 Å². The highest BCUT2D eigenvalue weighted by Gasteiger charge is 2.29. The third-order valence-electron chi connectivity index (χ3n) is 5.50. The van der Waals surface area contributed by atoms with Gasteiger partial charge in [-0.05, 0) is 17.7 Å². The number of carbonyl (C=O) groups excluding carboxylic acids is 2. The fraction of sp³-hybridized carbons (Fsp3) is 0.348. The second kappa shape index (κ2) is 9.09. The van der Waals surface area contributed by atoms with E-state index in [9.17, 15) is 9.59 Å². The van der Waals surface area contributed by atoms with Gasteiger partial charge in [-0.25, -0.2) is 4.98 Å². The highest BCUT2D eigenvalue weighted by atomic mass is 16.2. The Bertz CT molecular complexity index is 976. The molecule has 1 aliphatic rings. The van der Waals surface area contributed by atoms with E-state index in [1.165, 1.54) is 0 Å². The number of fused-ring (bicyclic) bond motifs is 1. The fourth-order valence-corrected chi connectivity index (χ4v) is 3.80. The number of rotatable bonds is 6. The van der Waals surface area contributed by atoms with Crippen LogP contribution in [-0.4, -0.2) is 57.8 Å². The Morgan fingerprint density at radius 3 is 2.43 bits per heavy atom. The monoisotopic (exact) mass is 405 g/mol. The van der Waals surface area contributed by atoms with Gasteiger partial charge in [0.25, 0.3) is 0 Å². The van der Waals surface area contributed by atoms with Crippen molar-refractivity contribution in [3.05, 3.63) is 66.0 Å². The van der Waals surface area contributed by atoms with E-state index >= 15 is 0 Å². The lowest BCUT2D eigenvalue weighted by atomic mass is 10.0. The van der Waals surface area contributed by atoms with Crippen molar-refractivity contribution >= 4 is 22.8 Å². The molecule has 0 saturated carbocycles. The molecule has 7 nitrogen and oxygen atoms in total. The summed E-state index contributed by atoms with van der Waals surface area (Å²) in [6.45, 7) is 5.32.